The lowest BCUT2D eigenvalue weighted by Crippen LogP contribution is -2.35. The number of piperidine rings is 1. The highest BCUT2D eigenvalue weighted by Gasteiger charge is 2.26. The predicted molar refractivity (Wildman–Crippen MR) is 116 cm³/mol. The van der Waals surface area contributed by atoms with Gasteiger partial charge in [0, 0.05) is 57.3 Å². The molecule has 1 saturated heterocycles. The molecule has 0 saturated carbocycles. The monoisotopic (exact) mass is 406 g/mol. The summed E-state index contributed by atoms with van der Waals surface area (Å²) in [6.45, 7) is 1.89. The zero-order valence-electron chi connectivity index (χ0n) is 16.6. The Labute approximate surface area is 174 Å². The maximum absolute atomic E-state index is 6.55. The van der Waals surface area contributed by atoms with Crippen molar-refractivity contribution in [2.75, 3.05) is 18.0 Å². The first-order chi connectivity index (χ1) is 14.1. The second kappa shape index (κ2) is 7.19. The van der Waals surface area contributed by atoms with E-state index < -0.39 is 0 Å². The van der Waals surface area contributed by atoms with Crippen LogP contribution in [0, 0.1) is 0 Å². The highest BCUT2D eigenvalue weighted by molar-refractivity contribution is 6.33. The molecule has 1 aliphatic heterocycles. The zero-order valence-corrected chi connectivity index (χ0v) is 17.3. The summed E-state index contributed by atoms with van der Waals surface area (Å²) in [4.78, 5) is 16.4. The third kappa shape index (κ3) is 3.17. The highest BCUT2D eigenvalue weighted by atomic mass is 35.5. The topological polar surface area (TPSA) is 51.8 Å². The molecule has 0 amide bonds. The number of halogens is 1. The van der Waals surface area contributed by atoms with E-state index in [0.29, 0.717) is 10.9 Å². The summed E-state index contributed by atoms with van der Waals surface area (Å²) in [6.07, 6.45) is 7.89. The van der Waals surface area contributed by atoms with Crippen LogP contribution in [-0.4, -0.2) is 37.2 Å². The number of aryl methyl sites for hydroxylation is 2. The maximum atomic E-state index is 6.55. The van der Waals surface area contributed by atoms with Crippen LogP contribution in [0.5, 0.6) is 0 Å². The standard InChI is InChI=1S/C22H23ClN6/c1-27-11-9-24-21(27)15-6-5-10-29(14-15)20-12-16(17(23)13-25-20)22-26-18-7-3-4-8-19(18)28(22)2/h3-4,7-9,11-13,15H,5-6,10,14H2,1-2H3. The molecule has 7 heteroatoms. The lowest BCUT2D eigenvalue weighted by Gasteiger charge is -2.33. The first-order valence-corrected chi connectivity index (χ1v) is 10.3. The molecule has 1 aliphatic rings. The number of rotatable bonds is 3. The minimum Gasteiger partial charge on any atom is -0.356 e. The van der Waals surface area contributed by atoms with Crippen LogP contribution >= 0.6 is 11.6 Å². The molecule has 0 bridgehead atoms. The lowest BCUT2D eigenvalue weighted by molar-refractivity contribution is 0.479. The molecular formula is C22H23ClN6. The quantitative estimate of drug-likeness (QED) is 0.505. The lowest BCUT2D eigenvalue weighted by atomic mass is 9.97. The van der Waals surface area contributed by atoms with E-state index in [1.807, 2.05) is 37.6 Å². The van der Waals surface area contributed by atoms with Crippen LogP contribution < -0.4 is 4.90 Å². The molecule has 3 aromatic heterocycles. The number of benzene rings is 1. The third-order valence-electron chi connectivity index (χ3n) is 5.84. The SMILES string of the molecule is Cn1ccnc1C1CCCN(c2cc(-c3nc4ccccc4n3C)c(Cl)cn2)C1. The predicted octanol–water partition coefficient (Wildman–Crippen LogP) is 4.41. The summed E-state index contributed by atoms with van der Waals surface area (Å²) in [5.74, 6) is 3.34. The van der Waals surface area contributed by atoms with Crippen molar-refractivity contribution >= 4 is 28.5 Å². The van der Waals surface area contributed by atoms with Crippen LogP contribution in [0.2, 0.25) is 5.02 Å². The summed E-state index contributed by atoms with van der Waals surface area (Å²) in [5, 5.41) is 0.616. The van der Waals surface area contributed by atoms with Crippen molar-refractivity contribution in [3.63, 3.8) is 0 Å². The Kier molecular flexibility index (Phi) is 4.51. The van der Waals surface area contributed by atoms with Crippen LogP contribution in [0.4, 0.5) is 5.82 Å². The molecule has 148 valence electrons. The van der Waals surface area contributed by atoms with E-state index in [9.17, 15) is 0 Å². The van der Waals surface area contributed by atoms with Gasteiger partial charge in [-0.15, -0.1) is 0 Å². The number of hydrogen-bond donors (Lipinski definition) is 0. The number of anilines is 1. The van der Waals surface area contributed by atoms with Gasteiger partial charge in [0.25, 0.3) is 0 Å². The molecule has 0 N–H and O–H groups in total. The average Bonchev–Trinajstić information content (AvgIpc) is 3.32. The Bertz CT molecular complexity index is 1180. The Hall–Kier alpha value is -2.86. The number of aromatic nitrogens is 5. The molecule has 4 aromatic rings. The van der Waals surface area contributed by atoms with Crippen LogP contribution in [-0.2, 0) is 14.1 Å². The fourth-order valence-electron chi connectivity index (χ4n) is 4.32. The van der Waals surface area contributed by atoms with Gasteiger partial charge in [-0.25, -0.2) is 15.0 Å². The molecule has 6 nitrogen and oxygen atoms in total. The van der Waals surface area contributed by atoms with Crippen molar-refractivity contribution in [3.05, 3.63) is 59.8 Å². The van der Waals surface area contributed by atoms with E-state index in [0.717, 1.165) is 60.0 Å². The molecular weight excluding hydrogens is 384 g/mol. The summed E-state index contributed by atoms with van der Waals surface area (Å²) < 4.78 is 4.21. The Morgan fingerprint density at radius 2 is 2.00 bits per heavy atom. The molecule has 1 fully saturated rings. The molecule has 4 heterocycles. The van der Waals surface area contributed by atoms with Gasteiger partial charge in [0.2, 0.25) is 0 Å². The number of pyridine rings is 1. The molecule has 0 spiro atoms. The van der Waals surface area contributed by atoms with Crippen LogP contribution in [0.15, 0.2) is 48.9 Å². The number of hydrogen-bond acceptors (Lipinski definition) is 4. The van der Waals surface area contributed by atoms with Gasteiger partial charge < -0.3 is 14.0 Å². The molecule has 5 rings (SSSR count). The van der Waals surface area contributed by atoms with Gasteiger partial charge in [-0.05, 0) is 31.0 Å². The molecule has 1 unspecified atom stereocenters. The smallest absolute Gasteiger partial charge is 0.142 e. The Balaban J connectivity index is 1.51. The second-order valence-electron chi connectivity index (χ2n) is 7.69. The zero-order chi connectivity index (χ0) is 20.0. The summed E-state index contributed by atoms with van der Waals surface area (Å²) in [7, 11) is 4.09. The Morgan fingerprint density at radius 3 is 2.79 bits per heavy atom. The average molecular weight is 407 g/mol. The van der Waals surface area contributed by atoms with Crippen LogP contribution in [0.25, 0.3) is 22.4 Å². The number of nitrogens with zero attached hydrogens (tertiary/aromatic N) is 6. The Morgan fingerprint density at radius 1 is 1.14 bits per heavy atom. The van der Waals surface area contributed by atoms with Gasteiger partial charge in [0.15, 0.2) is 0 Å². The third-order valence-corrected chi connectivity index (χ3v) is 6.14. The summed E-state index contributed by atoms with van der Waals surface area (Å²) in [5.41, 5.74) is 2.96. The van der Waals surface area contributed by atoms with Crippen molar-refractivity contribution in [1.82, 2.24) is 24.1 Å². The van der Waals surface area contributed by atoms with Gasteiger partial charge in [0.1, 0.15) is 17.5 Å². The number of imidazole rings is 2. The van der Waals surface area contributed by atoms with Crippen LogP contribution in [0.1, 0.15) is 24.6 Å². The fraction of sp³-hybridized carbons (Fsp3) is 0.318. The molecule has 0 radical (unpaired) electrons. The van der Waals surface area contributed by atoms with Crippen molar-refractivity contribution in [1.29, 1.82) is 0 Å². The van der Waals surface area contributed by atoms with Gasteiger partial charge in [-0.2, -0.15) is 0 Å². The van der Waals surface area contributed by atoms with Gasteiger partial charge in [0.05, 0.1) is 16.1 Å². The minimum absolute atomic E-state index is 0.403. The number of para-hydroxylation sites is 2. The first kappa shape index (κ1) is 18.2. The number of fused-ring (bicyclic) bond motifs is 1. The van der Waals surface area contributed by atoms with E-state index >= 15 is 0 Å². The van der Waals surface area contributed by atoms with Crippen molar-refractivity contribution in [2.24, 2.45) is 14.1 Å². The van der Waals surface area contributed by atoms with E-state index in [1.165, 1.54) is 0 Å². The largest absolute Gasteiger partial charge is 0.356 e. The molecule has 1 atom stereocenters. The molecule has 0 aliphatic carbocycles. The van der Waals surface area contributed by atoms with E-state index in [2.05, 4.69) is 43.2 Å². The minimum atomic E-state index is 0.403. The van der Waals surface area contributed by atoms with Gasteiger partial charge in [-0.1, -0.05) is 23.7 Å². The van der Waals surface area contributed by atoms with Crippen molar-refractivity contribution in [2.45, 2.75) is 18.8 Å². The van der Waals surface area contributed by atoms with Gasteiger partial charge in [-0.3, -0.25) is 0 Å². The first-order valence-electron chi connectivity index (χ1n) is 9.91. The van der Waals surface area contributed by atoms with Gasteiger partial charge >= 0.3 is 0 Å². The van der Waals surface area contributed by atoms with E-state index in [1.54, 1.807) is 6.20 Å². The summed E-state index contributed by atoms with van der Waals surface area (Å²) in [6, 6.07) is 10.2. The van der Waals surface area contributed by atoms with Crippen molar-refractivity contribution in [3.8, 4) is 11.4 Å². The fourth-order valence-corrected chi connectivity index (χ4v) is 4.51. The van der Waals surface area contributed by atoms with E-state index in [4.69, 9.17) is 16.6 Å². The maximum Gasteiger partial charge on any atom is 0.142 e. The van der Waals surface area contributed by atoms with Crippen LogP contribution in [0.3, 0.4) is 0 Å². The molecule has 1 aromatic carbocycles. The summed E-state index contributed by atoms with van der Waals surface area (Å²) >= 11 is 6.55. The second-order valence-corrected chi connectivity index (χ2v) is 8.09. The van der Waals surface area contributed by atoms with E-state index in [-0.39, 0.29) is 0 Å². The van der Waals surface area contributed by atoms with Crippen molar-refractivity contribution < 1.29 is 0 Å². The molecule has 29 heavy (non-hydrogen) atoms. The highest BCUT2D eigenvalue weighted by Crippen LogP contribution is 2.34. The normalized spacial score (nSPS) is 17.2.